The summed E-state index contributed by atoms with van der Waals surface area (Å²) in [6.45, 7) is 1.65. The molecule has 0 amide bonds. The van der Waals surface area contributed by atoms with Gasteiger partial charge in [0.2, 0.25) is 0 Å². The van der Waals surface area contributed by atoms with E-state index in [1.54, 1.807) is 11.3 Å². The molecule has 0 radical (unpaired) electrons. The van der Waals surface area contributed by atoms with Gasteiger partial charge in [0.1, 0.15) is 10.8 Å². The normalized spacial score (nSPS) is 11.2. The molecule has 4 nitrogen and oxygen atoms in total. The first-order valence-electron chi connectivity index (χ1n) is 6.87. The molecule has 0 aliphatic heterocycles. The Kier molecular flexibility index (Phi) is 4.13. The van der Waals surface area contributed by atoms with Crippen LogP contribution in [0.4, 0.5) is 0 Å². The SMILES string of the molecule is CN(Cc1csc(-c2ccccc2)n1)Cc1nccn1C. The van der Waals surface area contributed by atoms with E-state index in [2.05, 4.69) is 34.4 Å². The highest BCUT2D eigenvalue weighted by atomic mass is 32.1. The smallest absolute Gasteiger partial charge is 0.123 e. The maximum atomic E-state index is 4.72. The summed E-state index contributed by atoms with van der Waals surface area (Å²) in [5, 5.41) is 3.22. The van der Waals surface area contributed by atoms with Crippen LogP contribution in [0.25, 0.3) is 10.6 Å². The molecule has 0 atom stereocenters. The fourth-order valence-electron chi connectivity index (χ4n) is 2.22. The first-order chi connectivity index (χ1) is 10.2. The number of thiazole rings is 1. The summed E-state index contributed by atoms with van der Waals surface area (Å²) in [5.41, 5.74) is 2.29. The summed E-state index contributed by atoms with van der Waals surface area (Å²) in [4.78, 5) is 11.3. The molecule has 2 aromatic heterocycles. The van der Waals surface area contributed by atoms with Crippen molar-refractivity contribution in [2.45, 2.75) is 13.1 Å². The third kappa shape index (κ3) is 3.37. The Morgan fingerprint density at radius 3 is 2.71 bits per heavy atom. The van der Waals surface area contributed by atoms with Gasteiger partial charge in [-0.15, -0.1) is 11.3 Å². The molecule has 1 aromatic carbocycles. The van der Waals surface area contributed by atoms with E-state index >= 15 is 0 Å². The van der Waals surface area contributed by atoms with Crippen molar-refractivity contribution < 1.29 is 0 Å². The Hall–Kier alpha value is -1.98. The summed E-state index contributed by atoms with van der Waals surface area (Å²) in [6.07, 6.45) is 3.80. The molecule has 0 saturated carbocycles. The number of rotatable bonds is 5. The Balaban J connectivity index is 1.66. The Bertz CT molecular complexity index is 702. The fraction of sp³-hybridized carbons (Fsp3) is 0.250. The van der Waals surface area contributed by atoms with E-state index in [0.29, 0.717) is 0 Å². The average Bonchev–Trinajstić information content (AvgIpc) is 3.10. The van der Waals surface area contributed by atoms with Gasteiger partial charge in [0.05, 0.1) is 12.2 Å². The van der Waals surface area contributed by atoms with E-state index in [0.717, 1.165) is 29.6 Å². The molecule has 0 N–H and O–H groups in total. The van der Waals surface area contributed by atoms with Crippen molar-refractivity contribution in [2.24, 2.45) is 7.05 Å². The van der Waals surface area contributed by atoms with Crippen LogP contribution >= 0.6 is 11.3 Å². The van der Waals surface area contributed by atoms with Crippen molar-refractivity contribution in [2.75, 3.05) is 7.05 Å². The predicted molar refractivity (Wildman–Crippen MR) is 85.9 cm³/mol. The minimum absolute atomic E-state index is 0.821. The molecule has 0 bridgehead atoms. The summed E-state index contributed by atoms with van der Waals surface area (Å²) in [7, 11) is 4.11. The molecule has 0 aliphatic rings. The summed E-state index contributed by atoms with van der Waals surface area (Å²) < 4.78 is 2.05. The van der Waals surface area contributed by atoms with Gasteiger partial charge in [-0.05, 0) is 7.05 Å². The number of hydrogen-bond donors (Lipinski definition) is 0. The van der Waals surface area contributed by atoms with Gasteiger partial charge in [-0.2, -0.15) is 0 Å². The number of aryl methyl sites for hydroxylation is 1. The van der Waals surface area contributed by atoms with Gasteiger partial charge >= 0.3 is 0 Å². The first-order valence-corrected chi connectivity index (χ1v) is 7.75. The molecule has 3 aromatic rings. The van der Waals surface area contributed by atoms with Crippen molar-refractivity contribution in [3.05, 3.63) is 59.6 Å². The van der Waals surface area contributed by atoms with Crippen molar-refractivity contribution in [3.8, 4) is 10.6 Å². The molecule has 0 unspecified atom stereocenters. The molecule has 5 heteroatoms. The van der Waals surface area contributed by atoms with Gasteiger partial charge in [0, 0.05) is 36.9 Å². The highest BCUT2D eigenvalue weighted by Crippen LogP contribution is 2.23. The van der Waals surface area contributed by atoms with Crippen LogP contribution in [0.15, 0.2) is 48.1 Å². The van der Waals surface area contributed by atoms with E-state index in [-0.39, 0.29) is 0 Å². The largest absolute Gasteiger partial charge is 0.337 e. The highest BCUT2D eigenvalue weighted by molar-refractivity contribution is 7.13. The second-order valence-corrected chi connectivity index (χ2v) is 5.99. The molecular formula is C16H18N4S. The maximum absolute atomic E-state index is 4.72. The Labute approximate surface area is 128 Å². The summed E-state index contributed by atoms with van der Waals surface area (Å²) in [5.74, 6) is 1.07. The molecule has 21 heavy (non-hydrogen) atoms. The molecule has 2 heterocycles. The number of aromatic nitrogens is 3. The zero-order valence-corrected chi connectivity index (χ0v) is 13.0. The molecule has 0 aliphatic carbocycles. The van der Waals surface area contributed by atoms with Crippen LogP contribution in [0.3, 0.4) is 0 Å². The van der Waals surface area contributed by atoms with Gasteiger partial charge in [0.25, 0.3) is 0 Å². The topological polar surface area (TPSA) is 34.0 Å². The monoisotopic (exact) mass is 298 g/mol. The number of nitrogens with zero attached hydrogens (tertiary/aromatic N) is 4. The van der Waals surface area contributed by atoms with Crippen LogP contribution in [0.1, 0.15) is 11.5 Å². The molecule has 0 saturated heterocycles. The molecule has 0 spiro atoms. The van der Waals surface area contributed by atoms with Gasteiger partial charge in [-0.3, -0.25) is 4.90 Å². The Morgan fingerprint density at radius 2 is 2.00 bits per heavy atom. The third-order valence-electron chi connectivity index (χ3n) is 3.34. The zero-order valence-electron chi connectivity index (χ0n) is 12.2. The minimum Gasteiger partial charge on any atom is -0.337 e. The van der Waals surface area contributed by atoms with E-state index in [4.69, 9.17) is 4.98 Å². The maximum Gasteiger partial charge on any atom is 0.123 e. The molecule has 3 rings (SSSR count). The lowest BCUT2D eigenvalue weighted by Gasteiger charge is -2.14. The minimum atomic E-state index is 0.821. The standard InChI is InChI=1S/C16H18N4S/c1-19(11-15-17-8-9-20(15)2)10-14-12-21-16(18-14)13-6-4-3-5-7-13/h3-9,12H,10-11H2,1-2H3. The predicted octanol–water partition coefficient (Wildman–Crippen LogP) is 3.18. The van der Waals surface area contributed by atoms with Crippen molar-refractivity contribution in [1.82, 2.24) is 19.4 Å². The van der Waals surface area contributed by atoms with Gasteiger partial charge in [-0.1, -0.05) is 30.3 Å². The molecular weight excluding hydrogens is 280 g/mol. The van der Waals surface area contributed by atoms with Crippen molar-refractivity contribution in [1.29, 1.82) is 0 Å². The van der Waals surface area contributed by atoms with Crippen LogP contribution in [-0.2, 0) is 20.1 Å². The van der Waals surface area contributed by atoms with E-state index < -0.39 is 0 Å². The molecule has 0 fully saturated rings. The van der Waals surface area contributed by atoms with Crippen LogP contribution in [0.2, 0.25) is 0 Å². The Morgan fingerprint density at radius 1 is 1.19 bits per heavy atom. The van der Waals surface area contributed by atoms with E-state index in [1.807, 2.05) is 42.2 Å². The van der Waals surface area contributed by atoms with Gasteiger partial charge in [0.15, 0.2) is 0 Å². The van der Waals surface area contributed by atoms with Crippen molar-refractivity contribution >= 4 is 11.3 Å². The van der Waals surface area contributed by atoms with Crippen LogP contribution in [-0.4, -0.2) is 26.5 Å². The highest BCUT2D eigenvalue weighted by Gasteiger charge is 2.09. The fourth-order valence-corrected chi connectivity index (χ4v) is 3.03. The second-order valence-electron chi connectivity index (χ2n) is 5.14. The number of hydrogen-bond acceptors (Lipinski definition) is 4. The third-order valence-corrected chi connectivity index (χ3v) is 4.28. The zero-order chi connectivity index (χ0) is 14.7. The lowest BCUT2D eigenvalue weighted by molar-refractivity contribution is 0.304. The number of imidazole rings is 1. The lowest BCUT2D eigenvalue weighted by Crippen LogP contribution is -2.19. The number of benzene rings is 1. The first kappa shape index (κ1) is 14.0. The van der Waals surface area contributed by atoms with Crippen LogP contribution in [0.5, 0.6) is 0 Å². The van der Waals surface area contributed by atoms with Crippen LogP contribution in [0, 0.1) is 0 Å². The van der Waals surface area contributed by atoms with E-state index in [1.165, 1.54) is 5.56 Å². The average molecular weight is 298 g/mol. The quantitative estimate of drug-likeness (QED) is 0.725. The van der Waals surface area contributed by atoms with Gasteiger partial charge < -0.3 is 4.57 Å². The van der Waals surface area contributed by atoms with E-state index in [9.17, 15) is 0 Å². The van der Waals surface area contributed by atoms with Gasteiger partial charge in [-0.25, -0.2) is 9.97 Å². The van der Waals surface area contributed by atoms with Crippen LogP contribution < -0.4 is 0 Å². The molecule has 108 valence electrons. The lowest BCUT2D eigenvalue weighted by atomic mass is 10.2. The second kappa shape index (κ2) is 6.20. The summed E-state index contributed by atoms with van der Waals surface area (Å²) >= 11 is 1.70. The summed E-state index contributed by atoms with van der Waals surface area (Å²) in [6, 6.07) is 10.3. The van der Waals surface area contributed by atoms with Crippen molar-refractivity contribution in [3.63, 3.8) is 0 Å².